The zero-order valence-electron chi connectivity index (χ0n) is 19.5. The van der Waals surface area contributed by atoms with Crippen molar-refractivity contribution in [2.24, 2.45) is 4.99 Å². The molecule has 1 atom stereocenters. The van der Waals surface area contributed by atoms with Crippen LogP contribution in [0.5, 0.6) is 0 Å². The molecule has 35 heavy (non-hydrogen) atoms. The predicted octanol–water partition coefficient (Wildman–Crippen LogP) is 2.73. The summed E-state index contributed by atoms with van der Waals surface area (Å²) in [4.78, 5) is 32.7. The molecule has 2 aromatic rings. The van der Waals surface area contributed by atoms with E-state index in [1.165, 1.54) is 24.3 Å². The van der Waals surface area contributed by atoms with E-state index < -0.39 is 5.97 Å². The zero-order chi connectivity index (χ0) is 24.6. The van der Waals surface area contributed by atoms with Crippen LogP contribution in [0.15, 0.2) is 53.5 Å². The van der Waals surface area contributed by atoms with Crippen molar-refractivity contribution in [2.45, 2.75) is 18.9 Å². The van der Waals surface area contributed by atoms with Crippen LogP contribution in [0.1, 0.15) is 23.2 Å². The van der Waals surface area contributed by atoms with Crippen LogP contribution in [-0.2, 0) is 9.53 Å². The van der Waals surface area contributed by atoms with E-state index in [0.717, 1.165) is 19.4 Å². The van der Waals surface area contributed by atoms with E-state index in [4.69, 9.17) is 9.73 Å². The Labute approximate surface area is 203 Å². The summed E-state index contributed by atoms with van der Waals surface area (Å²) in [6, 6.07) is 12.3. The van der Waals surface area contributed by atoms with Gasteiger partial charge in [-0.2, -0.15) is 0 Å². The number of halogens is 1. The number of guanidine groups is 1. The Morgan fingerprint density at radius 1 is 1.06 bits per heavy atom. The number of carbonyl (C=O) groups excluding carboxylic acids is 1. The fourth-order valence-corrected chi connectivity index (χ4v) is 4.11. The molecule has 2 saturated heterocycles. The molecular formula is C25H30FN5O4. The molecule has 2 aliphatic heterocycles. The molecule has 10 heteroatoms. The van der Waals surface area contributed by atoms with Gasteiger partial charge >= 0.3 is 5.97 Å². The molecule has 4 rings (SSSR count). The van der Waals surface area contributed by atoms with Crippen LogP contribution < -0.4 is 10.6 Å². The second-order valence-electron chi connectivity index (χ2n) is 8.63. The molecule has 0 saturated carbocycles. The fourth-order valence-electron chi connectivity index (χ4n) is 4.11. The third-order valence-electron chi connectivity index (χ3n) is 6.00. The summed E-state index contributed by atoms with van der Waals surface area (Å²) in [6.45, 7) is 4.14. The van der Waals surface area contributed by atoms with Crippen molar-refractivity contribution >= 4 is 29.2 Å². The first kappa shape index (κ1) is 24.6. The molecule has 1 amide bonds. The van der Waals surface area contributed by atoms with Crippen LogP contribution in [0, 0.1) is 5.82 Å². The Morgan fingerprint density at radius 2 is 1.83 bits per heavy atom. The van der Waals surface area contributed by atoms with E-state index in [1.807, 2.05) is 6.07 Å². The summed E-state index contributed by atoms with van der Waals surface area (Å²) in [5, 5.41) is 15.4. The number of ether oxygens (including phenoxy) is 1. The van der Waals surface area contributed by atoms with Gasteiger partial charge in [0.15, 0.2) is 5.96 Å². The van der Waals surface area contributed by atoms with Crippen molar-refractivity contribution in [1.82, 2.24) is 9.80 Å². The van der Waals surface area contributed by atoms with Gasteiger partial charge in [0, 0.05) is 44.2 Å². The molecule has 0 spiro atoms. The van der Waals surface area contributed by atoms with Crippen molar-refractivity contribution in [3.8, 4) is 0 Å². The number of anilines is 2. The van der Waals surface area contributed by atoms with Crippen molar-refractivity contribution in [3.63, 3.8) is 0 Å². The van der Waals surface area contributed by atoms with Gasteiger partial charge < -0.3 is 25.4 Å². The highest BCUT2D eigenvalue weighted by Crippen LogP contribution is 2.16. The molecule has 0 bridgehead atoms. The first-order valence-corrected chi connectivity index (χ1v) is 11.8. The summed E-state index contributed by atoms with van der Waals surface area (Å²) in [5.41, 5.74) is 1.41. The Kier molecular flexibility index (Phi) is 8.27. The Balaban J connectivity index is 1.35. The van der Waals surface area contributed by atoms with Gasteiger partial charge in [0.25, 0.3) is 0 Å². The summed E-state index contributed by atoms with van der Waals surface area (Å²) in [5.74, 6) is -0.821. The highest BCUT2D eigenvalue weighted by atomic mass is 19.1. The normalized spacial score (nSPS) is 18.9. The lowest BCUT2D eigenvalue weighted by Crippen LogP contribution is -2.52. The summed E-state index contributed by atoms with van der Waals surface area (Å²) in [7, 11) is 0. The van der Waals surface area contributed by atoms with E-state index in [1.54, 1.807) is 18.2 Å². The van der Waals surface area contributed by atoms with Crippen LogP contribution in [0.4, 0.5) is 15.8 Å². The minimum atomic E-state index is -0.987. The molecule has 2 aliphatic rings. The highest BCUT2D eigenvalue weighted by molar-refractivity contribution is 5.96. The topological polar surface area (TPSA) is 107 Å². The summed E-state index contributed by atoms with van der Waals surface area (Å²) < 4.78 is 18.8. The van der Waals surface area contributed by atoms with Gasteiger partial charge in [-0.05, 0) is 55.3 Å². The Hall–Kier alpha value is -3.50. The molecule has 2 fully saturated rings. The first-order valence-electron chi connectivity index (χ1n) is 11.8. The molecule has 0 aliphatic carbocycles. The monoisotopic (exact) mass is 483 g/mol. The van der Waals surface area contributed by atoms with Gasteiger partial charge in [-0.3, -0.25) is 14.7 Å². The fraction of sp³-hybridized carbons (Fsp3) is 0.400. The van der Waals surface area contributed by atoms with Crippen molar-refractivity contribution < 1.29 is 23.8 Å². The number of piperazine rings is 1. The van der Waals surface area contributed by atoms with Gasteiger partial charge in [0.1, 0.15) is 5.82 Å². The number of carboxylic acids is 1. The number of hydrogen-bond acceptors (Lipinski definition) is 5. The molecule has 3 N–H and O–H groups in total. The van der Waals surface area contributed by atoms with Crippen molar-refractivity contribution in [2.75, 3.05) is 56.5 Å². The minimum Gasteiger partial charge on any atom is -0.478 e. The van der Waals surface area contributed by atoms with E-state index in [-0.39, 0.29) is 29.9 Å². The van der Waals surface area contributed by atoms with E-state index in [0.29, 0.717) is 50.1 Å². The number of nitrogens with zero attached hydrogens (tertiary/aromatic N) is 3. The second-order valence-corrected chi connectivity index (χ2v) is 8.63. The van der Waals surface area contributed by atoms with Crippen molar-refractivity contribution in [3.05, 3.63) is 59.9 Å². The molecule has 0 radical (unpaired) electrons. The molecule has 9 nitrogen and oxygen atoms in total. The lowest BCUT2D eigenvalue weighted by atomic mass is 10.2. The Morgan fingerprint density at radius 3 is 2.51 bits per heavy atom. The molecule has 186 valence electrons. The number of rotatable bonds is 7. The van der Waals surface area contributed by atoms with E-state index in [2.05, 4.69) is 20.4 Å². The molecule has 2 heterocycles. The molecule has 0 unspecified atom stereocenters. The third kappa shape index (κ3) is 7.24. The standard InChI is InChI=1S/C25H30FN5O4/c26-19-6-8-20(9-7-19)28-23(32)17-30-10-12-31(13-11-30)25(27-16-22-5-2-14-35-22)29-21-4-1-3-18(15-21)24(33)34/h1,3-4,6-9,15,22H,2,5,10-14,16-17H2,(H,27,29)(H,28,32)(H,33,34)/t22-/m1/s1. The maximum Gasteiger partial charge on any atom is 0.335 e. The Bertz CT molecular complexity index is 1050. The number of hydrogen-bond donors (Lipinski definition) is 3. The van der Waals surface area contributed by atoms with Crippen LogP contribution >= 0.6 is 0 Å². The first-order chi connectivity index (χ1) is 17.0. The number of aromatic carboxylic acids is 1. The van der Waals surface area contributed by atoms with E-state index >= 15 is 0 Å². The number of carboxylic acid groups (broad SMARTS) is 1. The lowest BCUT2D eigenvalue weighted by molar-refractivity contribution is -0.117. The quantitative estimate of drug-likeness (QED) is 0.411. The number of benzene rings is 2. The van der Waals surface area contributed by atoms with Gasteiger partial charge in [-0.15, -0.1) is 0 Å². The summed E-state index contributed by atoms with van der Waals surface area (Å²) in [6.07, 6.45) is 2.10. The SMILES string of the molecule is O=C(CN1CCN(C(=NC[C@H]2CCCO2)Nc2cccc(C(=O)O)c2)CC1)Nc1ccc(F)cc1. The largest absolute Gasteiger partial charge is 0.478 e. The van der Waals surface area contributed by atoms with E-state index in [9.17, 15) is 19.1 Å². The lowest BCUT2D eigenvalue weighted by Gasteiger charge is -2.36. The second kappa shape index (κ2) is 11.8. The maximum atomic E-state index is 13.1. The number of aliphatic imine (C=N–C) groups is 1. The maximum absolute atomic E-state index is 13.1. The van der Waals surface area contributed by atoms with Gasteiger partial charge in [0.2, 0.25) is 5.91 Å². The van der Waals surface area contributed by atoms with Gasteiger partial charge in [0.05, 0.1) is 24.8 Å². The minimum absolute atomic E-state index is 0.0913. The van der Waals surface area contributed by atoms with Crippen LogP contribution in [0.25, 0.3) is 0 Å². The van der Waals surface area contributed by atoms with Crippen LogP contribution in [-0.4, -0.2) is 84.7 Å². The third-order valence-corrected chi connectivity index (χ3v) is 6.00. The number of amides is 1. The van der Waals surface area contributed by atoms with Gasteiger partial charge in [-0.25, -0.2) is 9.18 Å². The smallest absolute Gasteiger partial charge is 0.335 e. The molecular weight excluding hydrogens is 453 g/mol. The summed E-state index contributed by atoms with van der Waals surface area (Å²) >= 11 is 0. The average Bonchev–Trinajstić information content (AvgIpc) is 3.38. The highest BCUT2D eigenvalue weighted by Gasteiger charge is 2.23. The zero-order valence-corrected chi connectivity index (χ0v) is 19.5. The van der Waals surface area contributed by atoms with Crippen LogP contribution in [0.2, 0.25) is 0 Å². The number of carbonyl (C=O) groups is 2. The molecule has 2 aromatic carbocycles. The van der Waals surface area contributed by atoms with Crippen LogP contribution in [0.3, 0.4) is 0 Å². The van der Waals surface area contributed by atoms with Gasteiger partial charge in [-0.1, -0.05) is 6.07 Å². The average molecular weight is 484 g/mol. The predicted molar refractivity (Wildman–Crippen MR) is 131 cm³/mol. The molecule has 0 aromatic heterocycles. The number of nitrogens with one attached hydrogen (secondary N) is 2. The van der Waals surface area contributed by atoms with Crippen molar-refractivity contribution in [1.29, 1.82) is 0 Å².